The van der Waals surface area contributed by atoms with Crippen LogP contribution in [0, 0.1) is 0 Å². The van der Waals surface area contributed by atoms with Crippen LogP contribution in [0.1, 0.15) is 18.4 Å². The molecule has 1 aliphatic carbocycles. The summed E-state index contributed by atoms with van der Waals surface area (Å²) in [6, 6.07) is 5.11. The maximum atomic E-state index is 12.2. The number of carbonyl (C=O) groups is 2. The highest BCUT2D eigenvalue weighted by molar-refractivity contribution is 5.85. The molecule has 1 aromatic carbocycles. The molecule has 1 aliphatic heterocycles. The molecule has 3 amide bonds. The van der Waals surface area contributed by atoms with Crippen LogP contribution in [-0.4, -0.2) is 59.6 Å². The van der Waals surface area contributed by atoms with Crippen molar-refractivity contribution in [2.75, 3.05) is 26.7 Å². The number of piperazine rings is 1. The molecule has 124 valence electrons. The van der Waals surface area contributed by atoms with Gasteiger partial charge in [-0.2, -0.15) is 0 Å². The van der Waals surface area contributed by atoms with Gasteiger partial charge in [0.2, 0.25) is 5.91 Å². The molecule has 3 rings (SSSR count). The van der Waals surface area contributed by atoms with Gasteiger partial charge in [-0.3, -0.25) is 4.79 Å². The van der Waals surface area contributed by atoms with Crippen molar-refractivity contribution in [3.05, 3.63) is 23.8 Å². The van der Waals surface area contributed by atoms with Crippen molar-refractivity contribution in [2.45, 2.75) is 25.4 Å². The summed E-state index contributed by atoms with van der Waals surface area (Å²) >= 11 is 0. The summed E-state index contributed by atoms with van der Waals surface area (Å²) in [4.78, 5) is 27.6. The quantitative estimate of drug-likeness (QED) is 0.864. The second-order valence-electron chi connectivity index (χ2n) is 5.90. The van der Waals surface area contributed by atoms with E-state index in [1.807, 2.05) is 4.90 Å². The number of urea groups is 1. The van der Waals surface area contributed by atoms with Gasteiger partial charge in [-0.15, -0.1) is 0 Å². The second kappa shape index (κ2) is 6.36. The van der Waals surface area contributed by atoms with Crippen molar-refractivity contribution in [3.8, 4) is 11.5 Å². The molecular weight excluding hydrogens is 298 g/mol. The maximum Gasteiger partial charge on any atom is 0.318 e. The summed E-state index contributed by atoms with van der Waals surface area (Å²) in [5.41, 5.74) is 0.764. The van der Waals surface area contributed by atoms with E-state index in [-0.39, 0.29) is 30.8 Å². The van der Waals surface area contributed by atoms with Crippen LogP contribution in [-0.2, 0) is 11.3 Å². The SMILES string of the molecule is COc1ccc(CNC(=O)N2CCN(C3CC3)C(=O)C2)cc1O. The van der Waals surface area contributed by atoms with E-state index in [2.05, 4.69) is 5.32 Å². The molecule has 0 bridgehead atoms. The van der Waals surface area contributed by atoms with Crippen molar-refractivity contribution < 1.29 is 19.4 Å². The Hall–Kier alpha value is -2.44. The van der Waals surface area contributed by atoms with Gasteiger partial charge in [-0.25, -0.2) is 4.79 Å². The number of phenols is 1. The van der Waals surface area contributed by atoms with Gasteiger partial charge >= 0.3 is 6.03 Å². The number of nitrogens with one attached hydrogen (secondary N) is 1. The summed E-state index contributed by atoms with van der Waals surface area (Å²) in [6.07, 6.45) is 2.16. The van der Waals surface area contributed by atoms with Crippen LogP contribution < -0.4 is 10.1 Å². The molecule has 0 radical (unpaired) electrons. The van der Waals surface area contributed by atoms with E-state index in [9.17, 15) is 14.7 Å². The average molecular weight is 319 g/mol. The number of phenolic OH excluding ortho intramolecular Hbond substituents is 1. The normalized spacial score (nSPS) is 18.0. The first-order valence-corrected chi connectivity index (χ1v) is 7.76. The number of amides is 3. The molecule has 0 spiro atoms. The van der Waals surface area contributed by atoms with E-state index in [4.69, 9.17) is 4.74 Å². The third-order valence-electron chi connectivity index (χ3n) is 4.22. The van der Waals surface area contributed by atoms with Gasteiger partial charge < -0.3 is 25.0 Å². The smallest absolute Gasteiger partial charge is 0.318 e. The van der Waals surface area contributed by atoms with Crippen molar-refractivity contribution in [2.24, 2.45) is 0 Å². The molecule has 2 aliphatic rings. The molecule has 1 aromatic rings. The van der Waals surface area contributed by atoms with E-state index in [0.29, 0.717) is 24.9 Å². The van der Waals surface area contributed by atoms with Gasteiger partial charge in [0.1, 0.15) is 6.54 Å². The molecule has 1 saturated carbocycles. The third kappa shape index (κ3) is 3.49. The molecule has 1 saturated heterocycles. The number of ether oxygens (including phenoxy) is 1. The predicted molar refractivity (Wildman–Crippen MR) is 83.2 cm³/mol. The zero-order valence-corrected chi connectivity index (χ0v) is 13.1. The van der Waals surface area contributed by atoms with Gasteiger partial charge in [0.15, 0.2) is 11.5 Å². The largest absolute Gasteiger partial charge is 0.504 e. The first-order chi connectivity index (χ1) is 11.1. The van der Waals surface area contributed by atoms with Crippen LogP contribution in [0.3, 0.4) is 0 Å². The summed E-state index contributed by atoms with van der Waals surface area (Å²) in [5, 5.41) is 12.5. The lowest BCUT2D eigenvalue weighted by Crippen LogP contribution is -2.55. The summed E-state index contributed by atoms with van der Waals surface area (Å²) < 4.78 is 4.98. The van der Waals surface area contributed by atoms with Crippen LogP contribution in [0.4, 0.5) is 4.79 Å². The standard InChI is InChI=1S/C16H21N3O4/c1-23-14-5-2-11(8-13(14)20)9-17-16(22)18-6-7-19(12-3-4-12)15(21)10-18/h2,5,8,12,20H,3-4,6-7,9-10H2,1H3,(H,17,22). The third-order valence-corrected chi connectivity index (χ3v) is 4.22. The highest BCUT2D eigenvalue weighted by Gasteiger charge is 2.36. The van der Waals surface area contributed by atoms with Gasteiger partial charge in [0, 0.05) is 25.7 Å². The Labute approximate surface area is 134 Å². The number of hydrogen-bond acceptors (Lipinski definition) is 4. The molecule has 23 heavy (non-hydrogen) atoms. The minimum atomic E-state index is -0.260. The number of nitrogens with zero attached hydrogens (tertiary/aromatic N) is 2. The first kappa shape index (κ1) is 15.5. The predicted octanol–water partition coefficient (Wildman–Crippen LogP) is 0.917. The molecule has 0 aromatic heterocycles. The van der Waals surface area contributed by atoms with E-state index >= 15 is 0 Å². The maximum absolute atomic E-state index is 12.2. The zero-order chi connectivity index (χ0) is 16.4. The minimum Gasteiger partial charge on any atom is -0.504 e. The summed E-state index contributed by atoms with van der Waals surface area (Å²) in [6.45, 7) is 1.59. The highest BCUT2D eigenvalue weighted by atomic mass is 16.5. The molecule has 1 heterocycles. The van der Waals surface area contributed by atoms with Crippen LogP contribution >= 0.6 is 0 Å². The lowest BCUT2D eigenvalue weighted by molar-refractivity contribution is -0.135. The summed E-state index contributed by atoms with van der Waals surface area (Å²) in [5.74, 6) is 0.449. The number of carbonyl (C=O) groups excluding carboxylic acids is 2. The second-order valence-corrected chi connectivity index (χ2v) is 5.90. The number of benzene rings is 1. The Balaban J connectivity index is 1.51. The van der Waals surface area contributed by atoms with E-state index in [1.54, 1.807) is 18.2 Å². The molecule has 2 fully saturated rings. The van der Waals surface area contributed by atoms with E-state index in [0.717, 1.165) is 18.4 Å². The fourth-order valence-electron chi connectivity index (χ4n) is 2.77. The first-order valence-electron chi connectivity index (χ1n) is 7.76. The van der Waals surface area contributed by atoms with Crippen molar-refractivity contribution in [3.63, 3.8) is 0 Å². The zero-order valence-electron chi connectivity index (χ0n) is 13.1. The number of rotatable bonds is 4. The van der Waals surface area contributed by atoms with Crippen LogP contribution in [0.2, 0.25) is 0 Å². The fraction of sp³-hybridized carbons (Fsp3) is 0.500. The van der Waals surface area contributed by atoms with Gasteiger partial charge in [-0.05, 0) is 30.5 Å². The topological polar surface area (TPSA) is 82.1 Å². The van der Waals surface area contributed by atoms with E-state index < -0.39 is 0 Å². The lowest BCUT2D eigenvalue weighted by Gasteiger charge is -2.34. The molecular formula is C16H21N3O4. The lowest BCUT2D eigenvalue weighted by atomic mass is 10.2. The van der Waals surface area contributed by atoms with Crippen molar-refractivity contribution >= 4 is 11.9 Å². The Morgan fingerprint density at radius 2 is 2.17 bits per heavy atom. The Morgan fingerprint density at radius 3 is 2.78 bits per heavy atom. The van der Waals surface area contributed by atoms with Crippen molar-refractivity contribution in [1.82, 2.24) is 15.1 Å². The Morgan fingerprint density at radius 1 is 1.39 bits per heavy atom. The van der Waals surface area contributed by atoms with Crippen LogP contribution in [0.15, 0.2) is 18.2 Å². The number of methoxy groups -OCH3 is 1. The van der Waals surface area contributed by atoms with Gasteiger partial charge in [0.05, 0.1) is 7.11 Å². The molecule has 2 N–H and O–H groups in total. The molecule has 7 nitrogen and oxygen atoms in total. The number of aromatic hydroxyl groups is 1. The average Bonchev–Trinajstić information content (AvgIpc) is 3.37. The van der Waals surface area contributed by atoms with E-state index in [1.165, 1.54) is 12.0 Å². The minimum absolute atomic E-state index is 0.0241. The summed E-state index contributed by atoms with van der Waals surface area (Å²) in [7, 11) is 1.48. The van der Waals surface area contributed by atoms with Gasteiger partial charge in [0.25, 0.3) is 0 Å². The number of hydrogen-bond donors (Lipinski definition) is 2. The Bertz CT molecular complexity index is 615. The van der Waals surface area contributed by atoms with Crippen LogP contribution in [0.5, 0.6) is 11.5 Å². The molecule has 0 unspecified atom stereocenters. The molecule has 0 atom stereocenters. The molecule has 7 heteroatoms. The van der Waals surface area contributed by atoms with Crippen LogP contribution in [0.25, 0.3) is 0 Å². The Kier molecular flexibility index (Phi) is 4.27. The van der Waals surface area contributed by atoms with Gasteiger partial charge in [-0.1, -0.05) is 6.07 Å². The monoisotopic (exact) mass is 319 g/mol. The highest BCUT2D eigenvalue weighted by Crippen LogP contribution is 2.28. The fourth-order valence-corrected chi connectivity index (χ4v) is 2.77. The van der Waals surface area contributed by atoms with Crippen molar-refractivity contribution in [1.29, 1.82) is 0 Å².